The second kappa shape index (κ2) is 8.83. The molecule has 0 saturated heterocycles. The summed E-state index contributed by atoms with van der Waals surface area (Å²) >= 11 is 0. The van der Waals surface area contributed by atoms with E-state index in [4.69, 9.17) is 4.74 Å². The first-order valence-electron chi connectivity index (χ1n) is 9.68. The van der Waals surface area contributed by atoms with Gasteiger partial charge in [-0.3, -0.25) is 14.0 Å². The van der Waals surface area contributed by atoms with E-state index in [0.717, 1.165) is 17.9 Å². The molecule has 1 aliphatic heterocycles. The summed E-state index contributed by atoms with van der Waals surface area (Å²) in [6.07, 6.45) is 3.29. The van der Waals surface area contributed by atoms with Gasteiger partial charge in [0.1, 0.15) is 19.0 Å². The van der Waals surface area contributed by atoms with Gasteiger partial charge in [0.2, 0.25) is 11.8 Å². The van der Waals surface area contributed by atoms with Gasteiger partial charge in [-0.25, -0.2) is 0 Å². The molecule has 0 bridgehead atoms. The van der Waals surface area contributed by atoms with Crippen molar-refractivity contribution in [2.24, 2.45) is 0 Å². The van der Waals surface area contributed by atoms with Crippen LogP contribution in [0.1, 0.15) is 17.0 Å². The smallest absolute Gasteiger partial charge is 0.248 e. The first kappa shape index (κ1) is 19.1. The predicted octanol–water partition coefficient (Wildman–Crippen LogP) is 0.989. The highest BCUT2D eigenvalue weighted by molar-refractivity contribution is 5.79. The normalized spacial score (nSPS) is 13.3. The van der Waals surface area contributed by atoms with Gasteiger partial charge in [0.25, 0.3) is 0 Å². The second-order valence-corrected chi connectivity index (χ2v) is 6.97. The Morgan fingerprint density at radius 1 is 1.03 bits per heavy atom. The Kier molecular flexibility index (Phi) is 5.81. The molecule has 8 heteroatoms. The molecule has 3 heterocycles. The van der Waals surface area contributed by atoms with Gasteiger partial charge in [-0.2, -0.15) is 0 Å². The van der Waals surface area contributed by atoms with Crippen molar-refractivity contribution in [3.63, 3.8) is 0 Å². The Morgan fingerprint density at radius 2 is 1.86 bits per heavy atom. The van der Waals surface area contributed by atoms with Crippen molar-refractivity contribution in [1.29, 1.82) is 0 Å². The van der Waals surface area contributed by atoms with Crippen molar-refractivity contribution in [1.82, 2.24) is 24.8 Å². The highest BCUT2D eigenvalue weighted by Crippen LogP contribution is 2.18. The molecule has 0 saturated carbocycles. The Balaban J connectivity index is 1.16. The molecule has 2 aromatic heterocycles. The number of ether oxygens (including phenoxy) is 1. The van der Waals surface area contributed by atoms with Gasteiger partial charge in [-0.05, 0) is 29.7 Å². The zero-order valence-corrected chi connectivity index (χ0v) is 16.1. The first-order valence-corrected chi connectivity index (χ1v) is 9.68. The van der Waals surface area contributed by atoms with E-state index >= 15 is 0 Å². The van der Waals surface area contributed by atoms with E-state index in [-0.39, 0.29) is 25.0 Å². The van der Waals surface area contributed by atoms with Crippen LogP contribution in [0.15, 0.2) is 48.7 Å². The number of carbonyl (C=O) groups is 2. The SMILES string of the molecule is O=C(COCC(=O)N1CCc2ccccc2C1)NCCc1nnc2ccccn12. The third-order valence-corrected chi connectivity index (χ3v) is 5.00. The number of benzene rings is 1. The lowest BCUT2D eigenvalue weighted by molar-refractivity contribution is -0.139. The first-order chi connectivity index (χ1) is 14.2. The lowest BCUT2D eigenvalue weighted by Crippen LogP contribution is -2.39. The van der Waals surface area contributed by atoms with Crippen LogP contribution in [0.25, 0.3) is 5.65 Å². The number of rotatable bonds is 7. The van der Waals surface area contributed by atoms with E-state index < -0.39 is 0 Å². The molecule has 0 unspecified atom stereocenters. The fraction of sp³-hybridized carbons (Fsp3) is 0.333. The third kappa shape index (κ3) is 4.60. The number of amides is 2. The fourth-order valence-corrected chi connectivity index (χ4v) is 3.46. The van der Waals surface area contributed by atoms with Crippen molar-refractivity contribution >= 4 is 17.5 Å². The van der Waals surface area contributed by atoms with Crippen LogP contribution in [0.4, 0.5) is 0 Å². The van der Waals surface area contributed by atoms with E-state index in [1.807, 2.05) is 47.0 Å². The van der Waals surface area contributed by atoms with Crippen LogP contribution in [0, 0.1) is 0 Å². The number of fused-ring (bicyclic) bond motifs is 2. The molecule has 1 N–H and O–H groups in total. The van der Waals surface area contributed by atoms with Crippen LogP contribution in [-0.4, -0.2) is 57.6 Å². The summed E-state index contributed by atoms with van der Waals surface area (Å²) in [4.78, 5) is 26.1. The summed E-state index contributed by atoms with van der Waals surface area (Å²) in [7, 11) is 0. The van der Waals surface area contributed by atoms with Crippen molar-refractivity contribution in [3.8, 4) is 0 Å². The molecule has 0 spiro atoms. The lowest BCUT2D eigenvalue weighted by atomic mass is 10.00. The van der Waals surface area contributed by atoms with Gasteiger partial charge in [-0.1, -0.05) is 30.3 Å². The van der Waals surface area contributed by atoms with Crippen LogP contribution >= 0.6 is 0 Å². The summed E-state index contributed by atoms with van der Waals surface area (Å²) in [5, 5.41) is 11.0. The molecule has 2 amide bonds. The van der Waals surface area contributed by atoms with Gasteiger partial charge in [0.15, 0.2) is 5.65 Å². The van der Waals surface area contributed by atoms with E-state index in [9.17, 15) is 9.59 Å². The number of hydrogen-bond acceptors (Lipinski definition) is 5. The Labute approximate surface area is 168 Å². The molecular weight excluding hydrogens is 370 g/mol. The lowest BCUT2D eigenvalue weighted by Gasteiger charge is -2.28. The molecule has 0 radical (unpaired) electrons. The number of carbonyl (C=O) groups excluding carboxylic acids is 2. The minimum absolute atomic E-state index is 0.0929. The van der Waals surface area contributed by atoms with Crippen molar-refractivity contribution in [3.05, 3.63) is 65.6 Å². The monoisotopic (exact) mass is 393 g/mol. The molecule has 0 atom stereocenters. The summed E-state index contributed by atoms with van der Waals surface area (Å²) in [5.41, 5.74) is 3.24. The van der Waals surface area contributed by atoms with Crippen molar-refractivity contribution in [2.75, 3.05) is 26.3 Å². The van der Waals surface area contributed by atoms with Crippen LogP contribution in [0.5, 0.6) is 0 Å². The Hall–Kier alpha value is -3.26. The van der Waals surface area contributed by atoms with Crippen LogP contribution in [-0.2, 0) is 33.7 Å². The standard InChI is InChI=1S/C21H23N5O3/c27-20(22-10-8-19-24-23-18-7-3-4-11-26(18)19)14-29-15-21(28)25-12-9-16-5-1-2-6-17(16)13-25/h1-7,11H,8-10,12-15H2,(H,22,27). The molecule has 29 heavy (non-hydrogen) atoms. The van der Waals surface area contributed by atoms with Crippen LogP contribution in [0.3, 0.4) is 0 Å². The fourth-order valence-electron chi connectivity index (χ4n) is 3.46. The average Bonchev–Trinajstić information content (AvgIpc) is 3.16. The Morgan fingerprint density at radius 3 is 2.76 bits per heavy atom. The van der Waals surface area contributed by atoms with E-state index in [1.54, 1.807) is 4.90 Å². The van der Waals surface area contributed by atoms with Gasteiger partial charge in [0, 0.05) is 32.3 Å². The minimum atomic E-state index is -0.254. The average molecular weight is 393 g/mol. The summed E-state index contributed by atoms with van der Waals surface area (Å²) in [5.74, 6) is 0.431. The molecule has 1 aliphatic rings. The molecule has 0 aliphatic carbocycles. The van der Waals surface area contributed by atoms with Gasteiger partial charge >= 0.3 is 0 Å². The van der Waals surface area contributed by atoms with Gasteiger partial charge in [-0.15, -0.1) is 10.2 Å². The van der Waals surface area contributed by atoms with Gasteiger partial charge < -0.3 is 15.0 Å². The topological polar surface area (TPSA) is 88.8 Å². The number of hydrogen-bond donors (Lipinski definition) is 1. The molecule has 150 valence electrons. The molecule has 8 nitrogen and oxygen atoms in total. The summed E-state index contributed by atoms with van der Waals surface area (Å²) in [6, 6.07) is 13.8. The maximum atomic E-state index is 12.3. The van der Waals surface area contributed by atoms with E-state index in [0.29, 0.717) is 26.1 Å². The number of aromatic nitrogens is 3. The number of nitrogens with one attached hydrogen (secondary N) is 1. The van der Waals surface area contributed by atoms with Crippen molar-refractivity contribution in [2.45, 2.75) is 19.4 Å². The molecule has 1 aromatic carbocycles. The van der Waals surface area contributed by atoms with Crippen LogP contribution < -0.4 is 5.32 Å². The third-order valence-electron chi connectivity index (χ3n) is 5.00. The number of pyridine rings is 1. The molecule has 3 aromatic rings. The maximum absolute atomic E-state index is 12.3. The van der Waals surface area contributed by atoms with Crippen molar-refractivity contribution < 1.29 is 14.3 Å². The predicted molar refractivity (Wildman–Crippen MR) is 106 cm³/mol. The van der Waals surface area contributed by atoms with Crippen LogP contribution in [0.2, 0.25) is 0 Å². The largest absolute Gasteiger partial charge is 0.362 e. The van der Waals surface area contributed by atoms with E-state index in [1.165, 1.54) is 11.1 Å². The quantitative estimate of drug-likeness (QED) is 0.647. The molecule has 0 fully saturated rings. The zero-order chi connectivity index (χ0) is 20.1. The summed E-state index contributed by atoms with van der Waals surface area (Å²) in [6.45, 7) is 1.46. The molecule has 4 rings (SSSR count). The highest BCUT2D eigenvalue weighted by atomic mass is 16.5. The Bertz CT molecular complexity index is 1020. The second-order valence-electron chi connectivity index (χ2n) is 6.97. The molecular formula is C21H23N5O3. The number of nitrogens with zero attached hydrogens (tertiary/aromatic N) is 4. The minimum Gasteiger partial charge on any atom is -0.362 e. The maximum Gasteiger partial charge on any atom is 0.248 e. The summed E-state index contributed by atoms with van der Waals surface area (Å²) < 4.78 is 7.21. The van der Waals surface area contributed by atoms with Gasteiger partial charge in [0.05, 0.1) is 0 Å². The zero-order valence-electron chi connectivity index (χ0n) is 16.1. The van der Waals surface area contributed by atoms with E-state index in [2.05, 4.69) is 21.6 Å². The highest BCUT2D eigenvalue weighted by Gasteiger charge is 2.20.